The minimum absolute atomic E-state index is 0.0466. The van der Waals surface area contributed by atoms with Crippen LogP contribution in [-0.2, 0) is 18.8 Å². The number of benzene rings is 2. The molecule has 1 aliphatic rings. The van der Waals surface area contributed by atoms with Gasteiger partial charge in [0.15, 0.2) is 0 Å². The van der Waals surface area contributed by atoms with Crippen molar-refractivity contribution in [3.63, 3.8) is 0 Å². The first-order valence-electron chi connectivity index (χ1n) is 9.27. The van der Waals surface area contributed by atoms with Crippen LogP contribution < -0.4 is 14.1 Å². The van der Waals surface area contributed by atoms with Gasteiger partial charge in [0, 0.05) is 0 Å². The van der Waals surface area contributed by atoms with Gasteiger partial charge in [-0.3, -0.25) is 4.79 Å². The number of hydrogen-bond donors (Lipinski definition) is 1. The smallest absolute Gasteiger partial charge is 0.456 e. The van der Waals surface area contributed by atoms with Crippen LogP contribution >= 0.6 is 7.75 Å². The maximum absolute atomic E-state index is 14.1. The predicted octanol–water partition coefficient (Wildman–Crippen LogP) is 4.26. The molecule has 1 fully saturated rings. The monoisotopic (exact) mass is 481 g/mol. The first-order chi connectivity index (χ1) is 15.1. The Kier molecular flexibility index (Phi) is 7.37. The minimum Gasteiger partial charge on any atom is -0.456 e. The first-order valence-corrected chi connectivity index (χ1v) is 10.8. The molecule has 0 saturated carbocycles. The molecule has 0 aromatic heterocycles. The number of carbonyl (C=O) groups excluding carboxylic acids is 1. The molecule has 2 atom stereocenters. The maximum atomic E-state index is 14.1. The molecule has 1 N–H and O–H groups in total. The number of esters is 1. The minimum atomic E-state index is -4.95. The first kappa shape index (κ1) is 24.0. The van der Waals surface area contributed by atoms with Crippen molar-refractivity contribution in [2.75, 3.05) is 13.2 Å². The molecule has 1 heterocycles. The van der Waals surface area contributed by atoms with Gasteiger partial charge in [-0.1, -0.05) is 25.1 Å². The van der Waals surface area contributed by atoms with E-state index in [4.69, 9.17) is 18.5 Å². The Morgan fingerprint density at radius 3 is 2.09 bits per heavy atom. The summed E-state index contributed by atoms with van der Waals surface area (Å²) in [5.74, 6) is -14.6. The van der Waals surface area contributed by atoms with E-state index in [2.05, 4.69) is 5.09 Å². The fourth-order valence-electron chi connectivity index (χ4n) is 2.51. The fourth-order valence-corrected chi connectivity index (χ4v) is 4.12. The second kappa shape index (κ2) is 9.85. The predicted molar refractivity (Wildman–Crippen MR) is 99.5 cm³/mol. The third kappa shape index (κ3) is 5.20. The largest absolute Gasteiger partial charge is 0.513 e. The molecule has 0 spiro atoms. The van der Waals surface area contributed by atoms with Gasteiger partial charge in [-0.2, -0.15) is 13.9 Å². The Morgan fingerprint density at radius 1 is 1.03 bits per heavy atom. The lowest BCUT2D eigenvalue weighted by Crippen LogP contribution is -2.44. The van der Waals surface area contributed by atoms with Gasteiger partial charge in [0.2, 0.25) is 34.8 Å². The molecule has 1 unspecified atom stereocenters. The Morgan fingerprint density at radius 2 is 1.59 bits per heavy atom. The third-order valence-electron chi connectivity index (χ3n) is 4.25. The molecule has 13 heteroatoms. The molecule has 1 saturated heterocycles. The summed E-state index contributed by atoms with van der Waals surface area (Å²) in [5, 5.41) is 2.16. The highest BCUT2D eigenvalue weighted by molar-refractivity contribution is 7.52. The SMILES string of the molecule is CC[C@H](NP(=O)(Oc1ccccc1)Oc1c(F)c(F)c(F)c(F)c1F)C(=O)OC1COC1. The molecule has 174 valence electrons. The average Bonchev–Trinajstić information content (AvgIpc) is 2.75. The zero-order valence-electron chi connectivity index (χ0n) is 16.4. The molecule has 0 bridgehead atoms. The molecule has 32 heavy (non-hydrogen) atoms. The fraction of sp³-hybridized carbons (Fsp3) is 0.316. The average molecular weight is 481 g/mol. The van der Waals surface area contributed by atoms with Gasteiger partial charge in [0.1, 0.15) is 17.9 Å². The van der Waals surface area contributed by atoms with Crippen LogP contribution in [0, 0.1) is 29.1 Å². The van der Waals surface area contributed by atoms with Crippen molar-refractivity contribution in [2.24, 2.45) is 0 Å². The molecular formula is C19H17F5NO6P. The number of ether oxygens (including phenoxy) is 2. The molecule has 0 aliphatic carbocycles. The lowest BCUT2D eigenvalue weighted by Gasteiger charge is -2.29. The summed E-state index contributed by atoms with van der Waals surface area (Å²) in [6.45, 7) is 1.80. The van der Waals surface area contributed by atoms with Crippen molar-refractivity contribution in [1.29, 1.82) is 0 Å². The summed E-state index contributed by atoms with van der Waals surface area (Å²) in [5.41, 5.74) is 0. The van der Waals surface area contributed by atoms with Crippen LogP contribution in [0.5, 0.6) is 11.5 Å². The molecule has 7 nitrogen and oxygen atoms in total. The van der Waals surface area contributed by atoms with Crippen molar-refractivity contribution in [3.05, 3.63) is 59.4 Å². The zero-order chi connectivity index (χ0) is 23.5. The van der Waals surface area contributed by atoms with Crippen molar-refractivity contribution in [2.45, 2.75) is 25.5 Å². The lowest BCUT2D eigenvalue weighted by atomic mass is 10.2. The number of rotatable bonds is 9. The number of hydrogen-bond acceptors (Lipinski definition) is 6. The number of para-hydroxylation sites is 1. The van der Waals surface area contributed by atoms with Crippen LogP contribution in [0.2, 0.25) is 0 Å². The van der Waals surface area contributed by atoms with Gasteiger partial charge in [0.25, 0.3) is 0 Å². The van der Waals surface area contributed by atoms with Crippen LogP contribution in [0.15, 0.2) is 30.3 Å². The molecule has 1 aliphatic heterocycles. The summed E-state index contributed by atoms with van der Waals surface area (Å²) in [6.07, 6.45) is -0.585. The van der Waals surface area contributed by atoms with E-state index in [1.165, 1.54) is 31.2 Å². The highest BCUT2D eigenvalue weighted by atomic mass is 31.2. The van der Waals surface area contributed by atoms with Crippen LogP contribution in [0.3, 0.4) is 0 Å². The molecule has 2 aromatic rings. The van der Waals surface area contributed by atoms with Crippen LogP contribution in [0.1, 0.15) is 13.3 Å². The lowest BCUT2D eigenvalue weighted by molar-refractivity contribution is -0.174. The van der Waals surface area contributed by atoms with E-state index in [-0.39, 0.29) is 25.4 Å². The highest BCUT2D eigenvalue weighted by Crippen LogP contribution is 2.47. The number of nitrogens with one attached hydrogen (secondary N) is 1. The molecule has 0 amide bonds. The Hall–Kier alpha value is -2.69. The Labute approximate surface area is 179 Å². The Balaban J connectivity index is 1.94. The van der Waals surface area contributed by atoms with E-state index in [0.29, 0.717) is 0 Å². The van der Waals surface area contributed by atoms with Crippen molar-refractivity contribution in [3.8, 4) is 11.5 Å². The summed E-state index contributed by atoms with van der Waals surface area (Å²) >= 11 is 0. The van der Waals surface area contributed by atoms with E-state index in [9.17, 15) is 31.3 Å². The van der Waals surface area contributed by atoms with E-state index in [0.717, 1.165) is 0 Å². The van der Waals surface area contributed by atoms with Crippen molar-refractivity contribution < 1.29 is 49.8 Å². The summed E-state index contributed by atoms with van der Waals surface area (Å²) < 4.78 is 102. The van der Waals surface area contributed by atoms with E-state index in [1.54, 1.807) is 6.07 Å². The molecule has 0 radical (unpaired) electrons. The normalized spacial score (nSPS) is 16.6. The number of carbonyl (C=O) groups is 1. The van der Waals surface area contributed by atoms with Gasteiger partial charge in [-0.15, -0.1) is 0 Å². The van der Waals surface area contributed by atoms with Gasteiger partial charge >= 0.3 is 13.7 Å². The molecular weight excluding hydrogens is 464 g/mol. The summed E-state index contributed by atoms with van der Waals surface area (Å²) in [4.78, 5) is 12.4. The van der Waals surface area contributed by atoms with Gasteiger partial charge in [-0.05, 0) is 18.6 Å². The van der Waals surface area contributed by atoms with Gasteiger partial charge in [0.05, 0.1) is 13.2 Å². The van der Waals surface area contributed by atoms with E-state index >= 15 is 0 Å². The maximum Gasteiger partial charge on any atom is 0.513 e. The summed E-state index contributed by atoms with van der Waals surface area (Å²) in [6, 6.07) is 5.71. The third-order valence-corrected chi connectivity index (χ3v) is 5.75. The van der Waals surface area contributed by atoms with Crippen molar-refractivity contribution in [1.82, 2.24) is 5.09 Å². The van der Waals surface area contributed by atoms with Crippen molar-refractivity contribution >= 4 is 13.7 Å². The topological polar surface area (TPSA) is 83.1 Å². The highest BCUT2D eigenvalue weighted by Gasteiger charge is 2.39. The quantitative estimate of drug-likeness (QED) is 0.189. The number of halogens is 5. The molecule has 3 rings (SSSR count). The standard InChI is InChI=1S/C19H17F5NO6P/c1-2-12(19(26)29-11-8-28-9-11)25-32(27,30-10-6-4-3-5-7-10)31-18-16(23)14(21)13(20)15(22)17(18)24/h3-7,11-12H,2,8-9H2,1H3,(H,25,27)/t12-,32?/m0/s1. The van der Waals surface area contributed by atoms with Crippen LogP contribution in [0.25, 0.3) is 0 Å². The zero-order valence-corrected chi connectivity index (χ0v) is 17.3. The van der Waals surface area contributed by atoms with Crippen LogP contribution in [-0.4, -0.2) is 31.3 Å². The van der Waals surface area contributed by atoms with Gasteiger partial charge < -0.3 is 18.5 Å². The molecule has 2 aromatic carbocycles. The van der Waals surface area contributed by atoms with Crippen LogP contribution in [0.4, 0.5) is 22.0 Å². The second-order valence-electron chi connectivity index (χ2n) is 6.58. The van der Waals surface area contributed by atoms with E-state index in [1.807, 2.05) is 0 Å². The second-order valence-corrected chi connectivity index (χ2v) is 8.20. The Bertz CT molecular complexity index is 1010. The van der Waals surface area contributed by atoms with E-state index < -0.39 is 60.7 Å². The van der Waals surface area contributed by atoms with Gasteiger partial charge in [-0.25, -0.2) is 17.7 Å². The summed E-state index contributed by atoms with van der Waals surface area (Å²) in [7, 11) is -4.95.